The number of rotatable bonds is 7. The van der Waals surface area contributed by atoms with Crippen LogP contribution in [0.5, 0.6) is 0 Å². The monoisotopic (exact) mass is 538 g/mol. The summed E-state index contributed by atoms with van der Waals surface area (Å²) in [5, 5.41) is 5.21. The molecule has 2 fully saturated rings. The van der Waals surface area contributed by atoms with E-state index in [2.05, 4.69) is 23.5 Å². The molecule has 1 saturated carbocycles. The Morgan fingerprint density at radius 2 is 1.64 bits per heavy atom. The molecule has 2 aromatic carbocycles. The second-order valence-corrected chi connectivity index (χ2v) is 12.7. The highest BCUT2D eigenvalue weighted by atomic mass is 16.6. The summed E-state index contributed by atoms with van der Waals surface area (Å²) >= 11 is 0. The first-order valence-corrected chi connectivity index (χ1v) is 13.9. The molecule has 1 aliphatic heterocycles. The van der Waals surface area contributed by atoms with Crippen LogP contribution >= 0.6 is 0 Å². The van der Waals surface area contributed by atoms with E-state index in [1.807, 2.05) is 52.0 Å². The number of hydrogen-bond acceptors (Lipinski definition) is 6. The van der Waals surface area contributed by atoms with Crippen LogP contribution in [0.3, 0.4) is 0 Å². The number of amides is 2. The maximum atomic E-state index is 13.7. The number of carbonyl (C=O) groups is 3. The number of nitrogens with one attached hydrogen (secondary N) is 1. The molecule has 1 saturated heterocycles. The summed E-state index contributed by atoms with van der Waals surface area (Å²) in [6.07, 6.45) is 0.608. The Bertz CT molecular complexity index is 1220. The average molecular weight is 539 g/mol. The van der Waals surface area contributed by atoms with Crippen LogP contribution in [0.15, 0.2) is 42.5 Å². The molecule has 0 aromatic heterocycles. The number of hydrogen-bond donors (Lipinski definition) is 1. The lowest BCUT2D eigenvalue weighted by Crippen LogP contribution is -2.54. The van der Waals surface area contributed by atoms with Gasteiger partial charge >= 0.3 is 12.1 Å². The van der Waals surface area contributed by atoms with Crippen LogP contribution in [0.2, 0.25) is 0 Å². The van der Waals surface area contributed by atoms with E-state index in [0.717, 1.165) is 22.8 Å². The maximum absolute atomic E-state index is 13.7. The number of carbonyl (C=O) groups excluding carboxylic acids is 3. The van der Waals surface area contributed by atoms with E-state index in [1.165, 1.54) is 4.90 Å². The highest BCUT2D eigenvalue weighted by molar-refractivity contribution is 5.94. The standard InChI is InChI=1S/C31H42N2O6/c1-8-22-17-31(22,27(35)38-29(2,3)4)32-26(34)25-16-23(18-33(25)28(36)39-30(5,6)7)37-19-21-14-11-13-20-12-9-10-15-24(20)21/h9-15,22-23,25H,8,16-19H2,1-7H3,(H,32,34)/t22?,23-,25+,31-/m1/s1. The van der Waals surface area contributed by atoms with Crippen LogP contribution in [0, 0.1) is 5.92 Å². The van der Waals surface area contributed by atoms with Crippen molar-refractivity contribution in [2.75, 3.05) is 6.54 Å². The number of esters is 1. The fourth-order valence-corrected chi connectivity index (χ4v) is 5.26. The van der Waals surface area contributed by atoms with Crippen molar-refractivity contribution < 1.29 is 28.6 Å². The third-order valence-electron chi connectivity index (χ3n) is 7.26. The van der Waals surface area contributed by atoms with Crippen molar-refractivity contribution in [3.05, 3.63) is 48.0 Å². The third kappa shape index (κ3) is 6.72. The molecule has 39 heavy (non-hydrogen) atoms. The first kappa shape index (κ1) is 28.9. The van der Waals surface area contributed by atoms with Crippen molar-refractivity contribution in [2.45, 2.75) is 103 Å². The molecule has 1 N–H and O–H groups in total. The fourth-order valence-electron chi connectivity index (χ4n) is 5.26. The largest absolute Gasteiger partial charge is 0.458 e. The minimum atomic E-state index is -1.07. The van der Waals surface area contributed by atoms with Crippen LogP contribution in [-0.4, -0.2) is 58.3 Å². The van der Waals surface area contributed by atoms with Gasteiger partial charge in [0.15, 0.2) is 0 Å². The Labute approximate surface area is 231 Å². The van der Waals surface area contributed by atoms with E-state index < -0.39 is 34.8 Å². The minimum Gasteiger partial charge on any atom is -0.458 e. The van der Waals surface area contributed by atoms with Gasteiger partial charge < -0.3 is 19.5 Å². The van der Waals surface area contributed by atoms with Crippen molar-refractivity contribution in [1.82, 2.24) is 10.2 Å². The molecule has 0 radical (unpaired) electrons. The molecule has 212 valence electrons. The zero-order chi connectivity index (χ0) is 28.6. The van der Waals surface area contributed by atoms with Gasteiger partial charge in [-0.3, -0.25) is 9.69 Å². The van der Waals surface area contributed by atoms with Gasteiger partial charge in [-0.15, -0.1) is 0 Å². The number of likely N-dealkylation sites (tertiary alicyclic amines) is 1. The highest BCUT2D eigenvalue weighted by Gasteiger charge is 2.62. The summed E-state index contributed by atoms with van der Waals surface area (Å²) in [6, 6.07) is 13.4. The lowest BCUT2D eigenvalue weighted by Gasteiger charge is -2.30. The third-order valence-corrected chi connectivity index (χ3v) is 7.26. The Balaban J connectivity index is 1.51. The quantitative estimate of drug-likeness (QED) is 0.477. The van der Waals surface area contributed by atoms with Crippen LogP contribution in [0.1, 0.15) is 73.3 Å². The Hall–Kier alpha value is -3.13. The van der Waals surface area contributed by atoms with Crippen molar-refractivity contribution >= 4 is 28.7 Å². The number of nitrogens with zero attached hydrogens (tertiary/aromatic N) is 1. The summed E-state index contributed by atoms with van der Waals surface area (Å²) in [5.74, 6) is -0.828. The van der Waals surface area contributed by atoms with Gasteiger partial charge in [0.05, 0.1) is 19.3 Å². The van der Waals surface area contributed by atoms with Crippen LogP contribution in [0.4, 0.5) is 4.79 Å². The molecule has 4 rings (SSSR count). The van der Waals surface area contributed by atoms with Crippen molar-refractivity contribution in [2.24, 2.45) is 5.92 Å². The molecule has 8 heteroatoms. The predicted molar refractivity (Wildman–Crippen MR) is 149 cm³/mol. The molecule has 4 atom stereocenters. The van der Waals surface area contributed by atoms with Crippen molar-refractivity contribution in [1.29, 1.82) is 0 Å². The number of ether oxygens (including phenoxy) is 3. The topological polar surface area (TPSA) is 94.2 Å². The van der Waals surface area contributed by atoms with Gasteiger partial charge in [-0.25, -0.2) is 9.59 Å². The van der Waals surface area contributed by atoms with Gasteiger partial charge in [-0.1, -0.05) is 55.8 Å². The minimum absolute atomic E-state index is 0.00825. The molecule has 0 spiro atoms. The fraction of sp³-hybridized carbons (Fsp3) is 0.581. The van der Waals surface area contributed by atoms with E-state index in [-0.39, 0.29) is 24.5 Å². The molecule has 1 aliphatic carbocycles. The first-order valence-electron chi connectivity index (χ1n) is 13.9. The molecule has 8 nitrogen and oxygen atoms in total. The molecule has 1 heterocycles. The van der Waals surface area contributed by atoms with E-state index >= 15 is 0 Å². The summed E-state index contributed by atoms with van der Waals surface area (Å²) in [5.41, 5.74) is -1.42. The average Bonchev–Trinajstić information content (AvgIpc) is 3.38. The second kappa shape index (κ2) is 10.8. The predicted octanol–water partition coefficient (Wildman–Crippen LogP) is 5.36. The lowest BCUT2D eigenvalue weighted by molar-refractivity contribution is -0.161. The zero-order valence-corrected chi connectivity index (χ0v) is 24.2. The summed E-state index contributed by atoms with van der Waals surface area (Å²) in [7, 11) is 0. The van der Waals surface area contributed by atoms with E-state index in [9.17, 15) is 14.4 Å². The highest BCUT2D eigenvalue weighted by Crippen LogP contribution is 2.47. The van der Waals surface area contributed by atoms with Gasteiger partial charge in [0, 0.05) is 6.42 Å². The molecule has 2 aliphatic rings. The second-order valence-electron chi connectivity index (χ2n) is 12.7. The van der Waals surface area contributed by atoms with Gasteiger partial charge in [0.2, 0.25) is 5.91 Å². The van der Waals surface area contributed by atoms with E-state index in [1.54, 1.807) is 20.8 Å². The lowest BCUT2D eigenvalue weighted by atomic mass is 10.1. The number of fused-ring (bicyclic) bond motifs is 1. The van der Waals surface area contributed by atoms with Crippen molar-refractivity contribution in [3.8, 4) is 0 Å². The Morgan fingerprint density at radius 3 is 2.28 bits per heavy atom. The summed E-state index contributed by atoms with van der Waals surface area (Å²) < 4.78 is 17.6. The van der Waals surface area contributed by atoms with Crippen LogP contribution in [0.25, 0.3) is 10.8 Å². The van der Waals surface area contributed by atoms with Crippen molar-refractivity contribution in [3.63, 3.8) is 0 Å². The van der Waals surface area contributed by atoms with E-state index in [0.29, 0.717) is 19.4 Å². The molecule has 2 amide bonds. The molecule has 1 unspecified atom stereocenters. The normalized spacial score (nSPS) is 24.9. The van der Waals surface area contributed by atoms with Gasteiger partial charge in [-0.2, -0.15) is 0 Å². The van der Waals surface area contributed by atoms with Gasteiger partial charge in [0.1, 0.15) is 22.8 Å². The van der Waals surface area contributed by atoms with Gasteiger partial charge in [-0.05, 0) is 70.2 Å². The van der Waals surface area contributed by atoms with Crippen LogP contribution in [-0.2, 0) is 30.4 Å². The SMILES string of the molecule is CCC1C[C@]1(NC(=O)[C@@H]1C[C@@H](OCc2cccc3ccccc23)CN1C(=O)OC(C)(C)C)C(=O)OC(C)(C)C. The summed E-state index contributed by atoms with van der Waals surface area (Å²) in [4.78, 5) is 41.4. The Morgan fingerprint density at radius 1 is 0.974 bits per heavy atom. The zero-order valence-electron chi connectivity index (χ0n) is 24.2. The molecular weight excluding hydrogens is 496 g/mol. The van der Waals surface area contributed by atoms with E-state index in [4.69, 9.17) is 14.2 Å². The Kier molecular flexibility index (Phi) is 7.99. The summed E-state index contributed by atoms with van der Waals surface area (Å²) in [6.45, 7) is 13.3. The van der Waals surface area contributed by atoms with Gasteiger partial charge in [0.25, 0.3) is 0 Å². The smallest absolute Gasteiger partial charge is 0.411 e. The first-order chi connectivity index (χ1) is 18.2. The van der Waals surface area contributed by atoms with Crippen LogP contribution < -0.4 is 5.32 Å². The number of benzene rings is 2. The maximum Gasteiger partial charge on any atom is 0.411 e. The molecule has 0 bridgehead atoms. The molecular formula is C31H42N2O6. The molecule has 2 aromatic rings.